The van der Waals surface area contributed by atoms with Gasteiger partial charge < -0.3 is 50.0 Å². The van der Waals surface area contributed by atoms with Gasteiger partial charge >= 0.3 is 11.9 Å². The number of aliphatic hydroxyl groups is 2. The molecule has 4 heterocycles. The minimum atomic E-state index is -1.13. The number of pyridine rings is 4. The highest BCUT2D eigenvalue weighted by atomic mass is 79.9. The van der Waals surface area contributed by atoms with Gasteiger partial charge in [-0.1, -0.05) is 59.6 Å². The summed E-state index contributed by atoms with van der Waals surface area (Å²) in [5, 5.41) is 63.5. The number of nitriles is 2. The Morgan fingerprint density at radius 1 is 0.623 bits per heavy atom. The van der Waals surface area contributed by atoms with Gasteiger partial charge in [-0.05, 0) is 40.2 Å². The number of carboxylic acids is 2. The lowest BCUT2D eigenvalue weighted by Gasteiger charge is -2.17. The van der Waals surface area contributed by atoms with E-state index in [1.165, 1.54) is 12.4 Å². The van der Waals surface area contributed by atoms with Crippen molar-refractivity contribution in [2.24, 2.45) is 0 Å². The van der Waals surface area contributed by atoms with Crippen molar-refractivity contribution < 1.29 is 49.0 Å². The smallest absolute Gasteiger partial charge is 0.306 e. The fraction of sp³-hybridized carbons (Fsp3) is 0.250. The average molecular weight is 1040 g/mol. The summed E-state index contributed by atoms with van der Waals surface area (Å²) in [4.78, 5) is 39.4. The standard InChI is InChI=1S/C48H43BrCl2N8O10/c49-40-11-35(21-57-23-37(61)13-43(64)65)47(68-25-31-10-29(15-53)17-55-19-31)59-48(40)69-27-34-4-2-6-39(45(34)51)38-5-1-3-33(44(38)50)26-66-41-8-7-32(20-56-22-36(60)12-42(62)63)46(58-41)67-24-30-9-28(14-52)16-54-18-30/h1-11,16-19,36-37,56-57,60-61H,12-13,20-27H2,(H,62,63)(H,64,65)/t36-,37-/m0/s1. The predicted octanol–water partition coefficient (Wildman–Crippen LogP) is 6.91. The number of aromatic nitrogens is 4. The molecule has 2 atom stereocenters. The number of nitrogens with zero attached hydrogens (tertiary/aromatic N) is 6. The minimum Gasteiger partial charge on any atom is -0.481 e. The molecule has 4 aromatic heterocycles. The largest absolute Gasteiger partial charge is 0.481 e. The van der Waals surface area contributed by atoms with E-state index in [0.29, 0.717) is 70.2 Å². The summed E-state index contributed by atoms with van der Waals surface area (Å²) in [5.41, 5.74) is 5.60. The van der Waals surface area contributed by atoms with E-state index in [-0.39, 0.29) is 76.1 Å². The first-order chi connectivity index (χ1) is 33.3. The van der Waals surface area contributed by atoms with Crippen LogP contribution in [0.25, 0.3) is 11.1 Å². The molecule has 0 radical (unpaired) electrons. The van der Waals surface area contributed by atoms with Gasteiger partial charge in [0.1, 0.15) is 38.6 Å². The van der Waals surface area contributed by atoms with Gasteiger partial charge in [-0.15, -0.1) is 0 Å². The van der Waals surface area contributed by atoms with Gasteiger partial charge in [0.15, 0.2) is 0 Å². The minimum absolute atomic E-state index is 0.000844. The first kappa shape index (κ1) is 51.5. The number of nitrogens with one attached hydrogen (secondary N) is 2. The molecule has 6 aromatic rings. The second-order valence-corrected chi connectivity index (χ2v) is 16.8. The fourth-order valence-corrected chi connectivity index (χ4v) is 7.63. The third kappa shape index (κ3) is 15.3. The van der Waals surface area contributed by atoms with Crippen LogP contribution in [0.2, 0.25) is 10.0 Å². The number of halogens is 3. The molecular formula is C48H43BrCl2N8O10. The third-order valence-corrected chi connectivity index (χ3v) is 11.4. The van der Waals surface area contributed by atoms with Crippen molar-refractivity contribution >= 4 is 51.1 Å². The highest BCUT2D eigenvalue weighted by Gasteiger charge is 2.19. The number of carboxylic acid groups (broad SMARTS) is 2. The van der Waals surface area contributed by atoms with E-state index in [2.05, 4.69) is 46.5 Å². The number of hydrogen-bond donors (Lipinski definition) is 6. The monoisotopic (exact) mass is 1040 g/mol. The van der Waals surface area contributed by atoms with Crippen LogP contribution in [0.3, 0.4) is 0 Å². The van der Waals surface area contributed by atoms with Gasteiger partial charge in [-0.3, -0.25) is 19.6 Å². The number of carbonyl (C=O) groups is 2. The Morgan fingerprint density at radius 2 is 1.12 bits per heavy atom. The lowest BCUT2D eigenvalue weighted by molar-refractivity contribution is -0.140. The molecule has 0 aliphatic heterocycles. The topological polar surface area (TPSA) is 275 Å². The van der Waals surface area contributed by atoms with Crippen molar-refractivity contribution in [1.82, 2.24) is 30.6 Å². The Bertz CT molecular complexity index is 2870. The van der Waals surface area contributed by atoms with Crippen molar-refractivity contribution in [3.8, 4) is 46.8 Å². The molecule has 18 nitrogen and oxygen atoms in total. The van der Waals surface area contributed by atoms with Gasteiger partial charge in [0.05, 0.1) is 50.7 Å². The zero-order valence-corrected chi connectivity index (χ0v) is 39.5. The Morgan fingerprint density at radius 3 is 1.64 bits per heavy atom. The SMILES string of the molecule is N#Cc1cncc(COc2nc(OCc3cccc(-c4cccc(COc5nc(OCc6cncc(C#N)c6)c(CNC[C@@H](O)CC(=O)O)cc5Br)c4Cl)c3Cl)ccc2CNC[C@@H](O)CC(=O)O)c1. The molecule has 0 saturated carbocycles. The summed E-state index contributed by atoms with van der Waals surface area (Å²) < 4.78 is 24.9. The van der Waals surface area contributed by atoms with E-state index in [0.717, 1.165) is 0 Å². The molecule has 0 spiro atoms. The maximum Gasteiger partial charge on any atom is 0.306 e. The van der Waals surface area contributed by atoms with Gasteiger partial charge in [0, 0.05) is 102 Å². The third-order valence-electron chi connectivity index (χ3n) is 9.89. The summed E-state index contributed by atoms with van der Waals surface area (Å²) in [7, 11) is 0. The predicted molar refractivity (Wildman–Crippen MR) is 253 cm³/mol. The van der Waals surface area contributed by atoms with Crippen LogP contribution in [0.1, 0.15) is 57.3 Å². The lowest BCUT2D eigenvalue weighted by atomic mass is 10.0. The molecule has 6 rings (SSSR count). The number of benzene rings is 2. The average Bonchev–Trinajstić information content (AvgIpc) is 3.33. The first-order valence-corrected chi connectivity index (χ1v) is 22.5. The molecule has 21 heteroatoms. The van der Waals surface area contributed by atoms with E-state index in [9.17, 15) is 30.3 Å². The van der Waals surface area contributed by atoms with E-state index < -0.39 is 37.0 Å². The maximum absolute atomic E-state index is 11.0. The zero-order valence-electron chi connectivity index (χ0n) is 36.4. The maximum atomic E-state index is 11.0. The zero-order chi connectivity index (χ0) is 49.3. The van der Waals surface area contributed by atoms with Crippen molar-refractivity contribution in [2.45, 2.75) is 64.6 Å². The molecule has 0 fully saturated rings. The van der Waals surface area contributed by atoms with Crippen LogP contribution in [0.5, 0.6) is 23.5 Å². The molecule has 0 unspecified atom stereocenters. The Labute approximate surface area is 414 Å². The molecule has 0 bridgehead atoms. The molecular weight excluding hydrogens is 999 g/mol. The van der Waals surface area contributed by atoms with Crippen LogP contribution in [0.4, 0.5) is 0 Å². The Balaban J connectivity index is 1.16. The highest BCUT2D eigenvalue weighted by Crippen LogP contribution is 2.38. The van der Waals surface area contributed by atoms with Crippen molar-refractivity contribution in [3.63, 3.8) is 0 Å². The van der Waals surface area contributed by atoms with E-state index in [1.54, 1.807) is 54.9 Å². The van der Waals surface area contributed by atoms with Crippen molar-refractivity contribution in [1.29, 1.82) is 10.5 Å². The molecule has 0 amide bonds. The molecule has 69 heavy (non-hydrogen) atoms. The summed E-state index contributed by atoms with van der Waals surface area (Å²) in [5.74, 6) is -1.49. The van der Waals surface area contributed by atoms with Crippen molar-refractivity contribution in [3.05, 3.63) is 151 Å². The molecule has 0 aliphatic carbocycles. The first-order valence-electron chi connectivity index (χ1n) is 20.9. The molecule has 0 aliphatic rings. The summed E-state index contributed by atoms with van der Waals surface area (Å²) in [6.07, 6.45) is 2.94. The normalized spacial score (nSPS) is 11.8. The molecule has 356 valence electrons. The second-order valence-electron chi connectivity index (χ2n) is 15.2. The molecule has 6 N–H and O–H groups in total. The second kappa shape index (κ2) is 25.4. The van der Waals surface area contributed by atoms with Gasteiger partial charge in [0.2, 0.25) is 23.5 Å². The van der Waals surface area contributed by atoms with Crippen LogP contribution in [-0.4, -0.2) is 77.6 Å². The van der Waals surface area contributed by atoms with Crippen LogP contribution in [0.15, 0.2) is 96.0 Å². The number of aliphatic carboxylic acids is 2. The van der Waals surface area contributed by atoms with E-state index >= 15 is 0 Å². The quantitative estimate of drug-likeness (QED) is 0.0340. The van der Waals surface area contributed by atoms with Crippen LogP contribution < -0.4 is 29.6 Å². The van der Waals surface area contributed by atoms with Crippen LogP contribution >= 0.6 is 39.1 Å². The number of aliphatic hydroxyl groups excluding tert-OH is 2. The Kier molecular flexibility index (Phi) is 19.0. The summed E-state index contributed by atoms with van der Waals surface area (Å²) >= 11 is 17.6. The van der Waals surface area contributed by atoms with Gasteiger partial charge in [-0.2, -0.15) is 20.5 Å². The Hall–Kier alpha value is -6.94. The van der Waals surface area contributed by atoms with Crippen LogP contribution in [0, 0.1) is 22.7 Å². The number of ether oxygens (including phenoxy) is 4. The van der Waals surface area contributed by atoms with Crippen molar-refractivity contribution in [2.75, 3.05) is 13.1 Å². The molecule has 2 aromatic carbocycles. The lowest BCUT2D eigenvalue weighted by Crippen LogP contribution is -2.28. The molecule has 0 saturated heterocycles. The van der Waals surface area contributed by atoms with E-state index in [4.69, 9.17) is 52.4 Å². The highest BCUT2D eigenvalue weighted by molar-refractivity contribution is 9.10. The number of rotatable bonds is 25. The van der Waals surface area contributed by atoms with Gasteiger partial charge in [-0.25, -0.2) is 0 Å². The van der Waals surface area contributed by atoms with Gasteiger partial charge in [0.25, 0.3) is 0 Å². The van der Waals surface area contributed by atoms with E-state index in [1.807, 2.05) is 36.4 Å². The fourth-order valence-electron chi connectivity index (χ4n) is 6.59. The number of hydrogen-bond acceptors (Lipinski definition) is 16. The summed E-state index contributed by atoms with van der Waals surface area (Å²) in [6, 6.07) is 23.4. The summed E-state index contributed by atoms with van der Waals surface area (Å²) in [6.45, 7) is 0.394. The van der Waals surface area contributed by atoms with Crippen LogP contribution in [-0.2, 0) is 49.1 Å².